The lowest BCUT2D eigenvalue weighted by Gasteiger charge is -1.97. The van der Waals surface area contributed by atoms with E-state index in [9.17, 15) is 4.39 Å². The van der Waals surface area contributed by atoms with Crippen molar-refractivity contribution in [3.05, 3.63) is 21.1 Å². The molecule has 1 aromatic rings. The van der Waals surface area contributed by atoms with Crippen LogP contribution in [0.4, 0.5) is 10.1 Å². The van der Waals surface area contributed by atoms with Crippen LogP contribution in [0.15, 0.2) is 15.3 Å². The Morgan fingerprint density at radius 1 is 1.50 bits per heavy atom. The van der Waals surface area contributed by atoms with Crippen LogP contribution in [0.25, 0.3) is 0 Å². The van der Waals surface area contributed by atoms with Crippen LogP contribution in [0.5, 0.6) is 0 Å². The molecule has 0 atom stereocenters. The van der Waals surface area contributed by atoms with Crippen molar-refractivity contribution in [1.82, 2.24) is 4.98 Å². The minimum Gasteiger partial charge on any atom is -0.396 e. The van der Waals surface area contributed by atoms with Gasteiger partial charge in [-0.25, -0.2) is 9.37 Å². The summed E-state index contributed by atoms with van der Waals surface area (Å²) in [5.74, 6) is -0.525. The lowest BCUT2D eigenvalue weighted by molar-refractivity contribution is 0.617. The zero-order valence-corrected chi connectivity index (χ0v) is 7.91. The molecule has 1 heterocycles. The van der Waals surface area contributed by atoms with Crippen LogP contribution in [0.3, 0.4) is 0 Å². The van der Waals surface area contributed by atoms with Gasteiger partial charge in [-0.05, 0) is 37.9 Å². The lowest BCUT2D eigenvalue weighted by atomic mass is 10.4. The highest BCUT2D eigenvalue weighted by atomic mass is 79.9. The number of nitrogen functional groups attached to an aromatic ring is 1. The van der Waals surface area contributed by atoms with Crippen molar-refractivity contribution in [3.8, 4) is 0 Å². The van der Waals surface area contributed by atoms with Crippen LogP contribution >= 0.6 is 31.9 Å². The van der Waals surface area contributed by atoms with Gasteiger partial charge in [-0.3, -0.25) is 0 Å². The number of pyridine rings is 1. The molecule has 54 valence electrons. The van der Waals surface area contributed by atoms with Crippen molar-refractivity contribution < 1.29 is 4.39 Å². The molecule has 1 rings (SSSR count). The molecule has 1 aromatic heterocycles. The van der Waals surface area contributed by atoms with Gasteiger partial charge >= 0.3 is 0 Å². The SMILES string of the molecule is Nc1cc(Br)nc(Br)c1F. The molecule has 0 fully saturated rings. The summed E-state index contributed by atoms with van der Waals surface area (Å²) in [7, 11) is 0. The molecule has 0 saturated carbocycles. The first-order valence-electron chi connectivity index (χ1n) is 2.38. The smallest absolute Gasteiger partial charge is 0.178 e. The van der Waals surface area contributed by atoms with Gasteiger partial charge in [0.2, 0.25) is 0 Å². The maximum absolute atomic E-state index is 12.7. The van der Waals surface area contributed by atoms with Gasteiger partial charge in [0.15, 0.2) is 5.82 Å². The van der Waals surface area contributed by atoms with Crippen molar-refractivity contribution in [2.24, 2.45) is 0 Å². The molecule has 5 heteroatoms. The predicted octanol–water partition coefficient (Wildman–Crippen LogP) is 2.33. The number of anilines is 1. The summed E-state index contributed by atoms with van der Waals surface area (Å²) in [5.41, 5.74) is 5.32. The molecule has 0 aliphatic heterocycles. The maximum atomic E-state index is 12.7. The monoisotopic (exact) mass is 268 g/mol. The third-order valence-electron chi connectivity index (χ3n) is 0.914. The topological polar surface area (TPSA) is 38.9 Å². The first kappa shape index (κ1) is 7.94. The van der Waals surface area contributed by atoms with Crippen LogP contribution in [0.2, 0.25) is 0 Å². The van der Waals surface area contributed by atoms with E-state index in [2.05, 4.69) is 36.8 Å². The minimum atomic E-state index is -0.525. The first-order valence-corrected chi connectivity index (χ1v) is 3.97. The molecule has 0 aromatic carbocycles. The summed E-state index contributed by atoms with van der Waals surface area (Å²) in [6.07, 6.45) is 0. The van der Waals surface area contributed by atoms with E-state index >= 15 is 0 Å². The van der Waals surface area contributed by atoms with E-state index in [1.165, 1.54) is 6.07 Å². The fourth-order valence-electron chi connectivity index (χ4n) is 0.486. The van der Waals surface area contributed by atoms with Gasteiger partial charge in [-0.1, -0.05) is 0 Å². The second-order valence-electron chi connectivity index (χ2n) is 1.64. The summed E-state index contributed by atoms with van der Waals surface area (Å²) < 4.78 is 13.3. The first-order chi connectivity index (χ1) is 4.61. The Kier molecular flexibility index (Phi) is 2.25. The van der Waals surface area contributed by atoms with Gasteiger partial charge in [-0.15, -0.1) is 0 Å². The highest BCUT2D eigenvalue weighted by Gasteiger charge is 2.05. The van der Waals surface area contributed by atoms with Gasteiger partial charge in [0.25, 0.3) is 0 Å². The summed E-state index contributed by atoms with van der Waals surface area (Å²) >= 11 is 5.96. The van der Waals surface area contributed by atoms with E-state index in [4.69, 9.17) is 5.73 Å². The molecular formula is C5H3Br2FN2. The fraction of sp³-hybridized carbons (Fsp3) is 0. The molecule has 0 aliphatic carbocycles. The van der Waals surface area contributed by atoms with Crippen molar-refractivity contribution >= 4 is 37.5 Å². The summed E-state index contributed by atoms with van der Waals surface area (Å²) in [6.45, 7) is 0. The van der Waals surface area contributed by atoms with E-state index in [0.717, 1.165) is 0 Å². The molecule has 0 spiro atoms. The van der Waals surface area contributed by atoms with E-state index in [1.54, 1.807) is 0 Å². The van der Waals surface area contributed by atoms with Crippen molar-refractivity contribution in [3.63, 3.8) is 0 Å². The standard InChI is InChI=1S/C5H3Br2FN2/c6-3-1-2(9)4(8)5(7)10-3/h1H,(H2,9,10). The number of nitrogens with two attached hydrogens (primary N) is 1. The van der Waals surface area contributed by atoms with E-state index in [0.29, 0.717) is 4.60 Å². The Morgan fingerprint density at radius 2 is 2.10 bits per heavy atom. The molecule has 0 amide bonds. The van der Waals surface area contributed by atoms with E-state index in [-0.39, 0.29) is 10.3 Å². The number of hydrogen-bond acceptors (Lipinski definition) is 2. The molecule has 0 saturated heterocycles. The molecular weight excluding hydrogens is 267 g/mol. The predicted molar refractivity (Wildman–Crippen MR) is 44.0 cm³/mol. The second-order valence-corrected chi connectivity index (χ2v) is 3.20. The molecule has 0 unspecified atom stereocenters. The minimum absolute atomic E-state index is 0.0775. The lowest BCUT2D eigenvalue weighted by Crippen LogP contribution is -1.93. The highest BCUT2D eigenvalue weighted by molar-refractivity contribution is 9.11. The zero-order chi connectivity index (χ0) is 7.72. The third kappa shape index (κ3) is 1.46. The van der Waals surface area contributed by atoms with Crippen molar-refractivity contribution in [2.45, 2.75) is 0 Å². The molecule has 0 bridgehead atoms. The number of aromatic nitrogens is 1. The number of nitrogens with zero attached hydrogens (tertiary/aromatic N) is 1. The number of halogens is 3. The van der Waals surface area contributed by atoms with E-state index < -0.39 is 5.82 Å². The normalized spacial score (nSPS) is 9.90. The van der Waals surface area contributed by atoms with Crippen LogP contribution in [0.1, 0.15) is 0 Å². The molecule has 0 radical (unpaired) electrons. The average molecular weight is 270 g/mol. The van der Waals surface area contributed by atoms with Gasteiger partial charge in [0.05, 0.1) is 5.69 Å². The van der Waals surface area contributed by atoms with Crippen molar-refractivity contribution in [1.29, 1.82) is 0 Å². The Hall–Kier alpha value is -0.160. The number of rotatable bonds is 0. The molecule has 0 aliphatic rings. The van der Waals surface area contributed by atoms with Crippen LogP contribution in [0, 0.1) is 5.82 Å². The fourth-order valence-corrected chi connectivity index (χ4v) is 1.57. The Morgan fingerprint density at radius 3 is 2.60 bits per heavy atom. The van der Waals surface area contributed by atoms with Gasteiger partial charge < -0.3 is 5.73 Å². The molecule has 2 N–H and O–H groups in total. The largest absolute Gasteiger partial charge is 0.396 e. The average Bonchev–Trinajstić information content (AvgIpc) is 1.82. The molecule has 2 nitrogen and oxygen atoms in total. The quantitative estimate of drug-likeness (QED) is 0.735. The number of hydrogen-bond donors (Lipinski definition) is 1. The van der Waals surface area contributed by atoms with Gasteiger partial charge in [0, 0.05) is 0 Å². The maximum Gasteiger partial charge on any atom is 0.178 e. The van der Waals surface area contributed by atoms with Crippen molar-refractivity contribution in [2.75, 3.05) is 5.73 Å². The summed E-state index contributed by atoms with van der Waals surface area (Å²) in [5, 5.41) is 0. The van der Waals surface area contributed by atoms with Crippen LogP contribution in [-0.4, -0.2) is 4.98 Å². The Labute approximate surface area is 73.9 Å². The van der Waals surface area contributed by atoms with Gasteiger partial charge in [0.1, 0.15) is 9.21 Å². The van der Waals surface area contributed by atoms with Gasteiger partial charge in [-0.2, -0.15) is 0 Å². The van der Waals surface area contributed by atoms with E-state index in [1.807, 2.05) is 0 Å². The Balaban J connectivity index is 3.31. The van der Waals surface area contributed by atoms with Crippen LogP contribution in [-0.2, 0) is 0 Å². The Bertz CT molecular complexity index is 241. The third-order valence-corrected chi connectivity index (χ3v) is 1.85. The summed E-state index contributed by atoms with van der Waals surface area (Å²) in [6, 6.07) is 1.40. The van der Waals surface area contributed by atoms with Crippen LogP contribution < -0.4 is 5.73 Å². The highest BCUT2D eigenvalue weighted by Crippen LogP contribution is 2.21. The summed E-state index contributed by atoms with van der Waals surface area (Å²) in [4.78, 5) is 3.71. The zero-order valence-electron chi connectivity index (χ0n) is 4.74. The molecule has 10 heavy (non-hydrogen) atoms. The second kappa shape index (κ2) is 2.84.